The number of nitrogens with zero attached hydrogens (tertiary/aromatic N) is 3. The van der Waals surface area contributed by atoms with E-state index in [4.69, 9.17) is 16.3 Å². The molecule has 1 heterocycles. The van der Waals surface area contributed by atoms with Gasteiger partial charge < -0.3 is 9.64 Å². The number of hydrogen-bond acceptors (Lipinski definition) is 4. The second-order valence-electron chi connectivity index (χ2n) is 4.76. The normalized spacial score (nSPS) is 18.8. The number of methoxy groups -OCH3 is 1. The van der Waals surface area contributed by atoms with Crippen LogP contribution in [0.1, 0.15) is 11.6 Å². The first kappa shape index (κ1) is 14.1. The van der Waals surface area contributed by atoms with Crippen LogP contribution in [0.5, 0.6) is 5.75 Å². The van der Waals surface area contributed by atoms with Gasteiger partial charge in [-0.3, -0.25) is 4.90 Å². The van der Waals surface area contributed by atoms with Gasteiger partial charge in [0.2, 0.25) is 0 Å². The molecule has 2 rings (SSSR count). The topological polar surface area (TPSA) is 39.5 Å². The maximum atomic E-state index is 9.44. The first-order valence-electron chi connectivity index (χ1n) is 6.31. The van der Waals surface area contributed by atoms with Gasteiger partial charge in [-0.2, -0.15) is 5.26 Å². The van der Waals surface area contributed by atoms with Crippen molar-refractivity contribution in [2.24, 2.45) is 0 Å². The average Bonchev–Trinajstić information content (AvgIpc) is 2.42. The summed E-state index contributed by atoms with van der Waals surface area (Å²) in [5.41, 5.74) is 0.929. The summed E-state index contributed by atoms with van der Waals surface area (Å²) >= 11 is 6.13. The highest BCUT2D eigenvalue weighted by Crippen LogP contribution is 2.30. The zero-order valence-electron chi connectivity index (χ0n) is 11.3. The molecule has 0 spiro atoms. The van der Waals surface area contributed by atoms with Crippen molar-refractivity contribution >= 4 is 11.6 Å². The second-order valence-corrected chi connectivity index (χ2v) is 5.17. The lowest BCUT2D eigenvalue weighted by Crippen LogP contribution is -2.45. The van der Waals surface area contributed by atoms with Crippen LogP contribution in [0.25, 0.3) is 0 Å². The van der Waals surface area contributed by atoms with E-state index in [-0.39, 0.29) is 6.04 Å². The van der Waals surface area contributed by atoms with Crippen LogP contribution in [0.15, 0.2) is 18.2 Å². The summed E-state index contributed by atoms with van der Waals surface area (Å²) in [7, 11) is 3.69. The van der Waals surface area contributed by atoms with Gasteiger partial charge >= 0.3 is 0 Å². The number of halogens is 1. The molecular formula is C14H18ClN3O. The molecule has 5 heteroatoms. The van der Waals surface area contributed by atoms with Gasteiger partial charge in [0.1, 0.15) is 11.8 Å². The molecule has 0 bridgehead atoms. The third-order valence-corrected chi connectivity index (χ3v) is 3.81. The van der Waals surface area contributed by atoms with Crippen LogP contribution in [0, 0.1) is 11.3 Å². The Bertz CT molecular complexity index is 478. The summed E-state index contributed by atoms with van der Waals surface area (Å²) in [6.45, 7) is 3.78. The highest BCUT2D eigenvalue weighted by molar-refractivity contribution is 6.32. The van der Waals surface area contributed by atoms with Crippen molar-refractivity contribution in [3.8, 4) is 11.8 Å². The Morgan fingerprint density at radius 1 is 1.32 bits per heavy atom. The summed E-state index contributed by atoms with van der Waals surface area (Å²) < 4.78 is 5.14. The summed E-state index contributed by atoms with van der Waals surface area (Å²) in [5.74, 6) is 0.639. The summed E-state index contributed by atoms with van der Waals surface area (Å²) in [4.78, 5) is 4.46. The van der Waals surface area contributed by atoms with E-state index in [1.54, 1.807) is 7.11 Å². The zero-order chi connectivity index (χ0) is 13.8. The summed E-state index contributed by atoms with van der Waals surface area (Å²) in [5, 5.41) is 9.99. The highest BCUT2D eigenvalue weighted by atomic mass is 35.5. The van der Waals surface area contributed by atoms with Gasteiger partial charge in [-0.25, -0.2) is 0 Å². The van der Waals surface area contributed by atoms with Crippen LogP contribution >= 0.6 is 11.6 Å². The van der Waals surface area contributed by atoms with Gasteiger partial charge in [-0.15, -0.1) is 0 Å². The standard InChI is InChI=1S/C14H18ClN3O/c1-17-5-7-18(8-6-17)13(10-16)11-3-4-14(19-2)12(15)9-11/h3-4,9,13H,5-8H2,1-2H3. The molecule has 1 aliphatic rings. The molecule has 1 saturated heterocycles. The average molecular weight is 280 g/mol. The molecule has 19 heavy (non-hydrogen) atoms. The van der Waals surface area contributed by atoms with Gasteiger partial charge in [-0.1, -0.05) is 17.7 Å². The van der Waals surface area contributed by atoms with E-state index in [0.717, 1.165) is 31.7 Å². The predicted octanol–water partition coefficient (Wildman–Crippen LogP) is 2.16. The van der Waals surface area contributed by atoms with Crippen molar-refractivity contribution in [2.75, 3.05) is 40.3 Å². The number of piperazine rings is 1. The predicted molar refractivity (Wildman–Crippen MR) is 75.4 cm³/mol. The number of nitriles is 1. The van der Waals surface area contributed by atoms with Gasteiger partial charge in [0.25, 0.3) is 0 Å². The van der Waals surface area contributed by atoms with Gasteiger partial charge in [0, 0.05) is 26.2 Å². The molecule has 102 valence electrons. The monoisotopic (exact) mass is 279 g/mol. The van der Waals surface area contributed by atoms with Crippen molar-refractivity contribution in [1.82, 2.24) is 9.80 Å². The number of likely N-dealkylation sites (N-methyl/N-ethyl adjacent to an activating group) is 1. The van der Waals surface area contributed by atoms with Crippen molar-refractivity contribution in [1.29, 1.82) is 5.26 Å². The van der Waals surface area contributed by atoms with Gasteiger partial charge in [0.15, 0.2) is 0 Å². The van der Waals surface area contributed by atoms with Crippen LogP contribution in [0.2, 0.25) is 5.02 Å². The highest BCUT2D eigenvalue weighted by Gasteiger charge is 2.24. The molecule has 1 aliphatic heterocycles. The molecule has 1 fully saturated rings. The van der Waals surface area contributed by atoms with Crippen LogP contribution < -0.4 is 4.74 Å². The summed E-state index contributed by atoms with van der Waals surface area (Å²) in [6.07, 6.45) is 0. The minimum Gasteiger partial charge on any atom is -0.495 e. The van der Waals surface area contributed by atoms with Crippen molar-refractivity contribution in [2.45, 2.75) is 6.04 Å². The Labute approximate surface area is 119 Å². The number of ether oxygens (including phenoxy) is 1. The minimum atomic E-state index is -0.239. The van der Waals surface area contributed by atoms with E-state index < -0.39 is 0 Å². The third kappa shape index (κ3) is 3.19. The van der Waals surface area contributed by atoms with E-state index in [1.165, 1.54) is 0 Å². The van der Waals surface area contributed by atoms with Gasteiger partial charge in [0.05, 0.1) is 18.2 Å². The molecule has 0 radical (unpaired) electrons. The smallest absolute Gasteiger partial charge is 0.137 e. The lowest BCUT2D eigenvalue weighted by Gasteiger charge is -2.35. The molecule has 0 aromatic heterocycles. The molecular weight excluding hydrogens is 262 g/mol. The van der Waals surface area contributed by atoms with E-state index in [2.05, 4.69) is 22.9 Å². The first-order chi connectivity index (χ1) is 9.15. The Morgan fingerprint density at radius 3 is 2.53 bits per heavy atom. The van der Waals surface area contributed by atoms with E-state index >= 15 is 0 Å². The molecule has 0 amide bonds. The molecule has 1 aromatic rings. The van der Waals surface area contributed by atoms with Crippen molar-refractivity contribution in [3.05, 3.63) is 28.8 Å². The van der Waals surface area contributed by atoms with E-state index in [9.17, 15) is 5.26 Å². The maximum Gasteiger partial charge on any atom is 0.137 e. The molecule has 1 aromatic carbocycles. The zero-order valence-corrected chi connectivity index (χ0v) is 12.0. The lowest BCUT2D eigenvalue weighted by molar-refractivity contribution is 0.133. The SMILES string of the molecule is COc1ccc(C(C#N)N2CCN(C)CC2)cc1Cl. The summed E-state index contributed by atoms with van der Waals surface area (Å²) in [6, 6.07) is 7.69. The quantitative estimate of drug-likeness (QED) is 0.850. The first-order valence-corrected chi connectivity index (χ1v) is 6.69. The Hall–Kier alpha value is -1.28. The van der Waals surface area contributed by atoms with Crippen LogP contribution in [0.3, 0.4) is 0 Å². The van der Waals surface area contributed by atoms with E-state index in [1.807, 2.05) is 18.2 Å². The second kappa shape index (κ2) is 6.25. The Morgan fingerprint density at radius 2 is 2.00 bits per heavy atom. The maximum absolute atomic E-state index is 9.44. The van der Waals surface area contributed by atoms with Crippen LogP contribution in [-0.2, 0) is 0 Å². The van der Waals surface area contributed by atoms with Crippen LogP contribution in [-0.4, -0.2) is 50.1 Å². The molecule has 4 nitrogen and oxygen atoms in total. The number of benzene rings is 1. The van der Waals surface area contributed by atoms with Gasteiger partial charge in [-0.05, 0) is 24.7 Å². The number of hydrogen-bond donors (Lipinski definition) is 0. The molecule has 0 saturated carbocycles. The van der Waals surface area contributed by atoms with Crippen molar-refractivity contribution < 1.29 is 4.74 Å². The Kier molecular flexibility index (Phi) is 4.65. The van der Waals surface area contributed by atoms with Crippen LogP contribution in [0.4, 0.5) is 0 Å². The fraction of sp³-hybridized carbons (Fsp3) is 0.500. The third-order valence-electron chi connectivity index (χ3n) is 3.52. The van der Waals surface area contributed by atoms with E-state index in [0.29, 0.717) is 10.8 Å². The fourth-order valence-corrected chi connectivity index (χ4v) is 2.57. The fourth-order valence-electron chi connectivity index (χ4n) is 2.30. The minimum absolute atomic E-state index is 0.239. The molecule has 0 N–H and O–H groups in total. The van der Waals surface area contributed by atoms with Crippen molar-refractivity contribution in [3.63, 3.8) is 0 Å². The molecule has 1 unspecified atom stereocenters. The Balaban J connectivity index is 2.18. The largest absolute Gasteiger partial charge is 0.495 e. The lowest BCUT2D eigenvalue weighted by atomic mass is 10.1. The number of rotatable bonds is 3. The molecule has 1 atom stereocenters. The molecule has 0 aliphatic carbocycles.